The lowest BCUT2D eigenvalue weighted by atomic mass is 9.89. The number of rotatable bonds is 4. The van der Waals surface area contributed by atoms with Crippen molar-refractivity contribution >= 4 is 11.8 Å². The second-order valence-electron chi connectivity index (χ2n) is 6.26. The first kappa shape index (κ1) is 14.2. The number of hydrogen-bond acceptors (Lipinski definition) is 2. The molecule has 0 aromatic carbocycles. The van der Waals surface area contributed by atoms with E-state index in [2.05, 4.69) is 10.3 Å². The lowest BCUT2D eigenvalue weighted by molar-refractivity contribution is -0.128. The fourth-order valence-electron chi connectivity index (χ4n) is 3.46. The number of hydrogen-bond donors (Lipinski definition) is 2. The molecule has 0 spiro atoms. The molecule has 5 heteroatoms. The molecule has 1 saturated heterocycles. The third kappa shape index (κ3) is 3.46. The molecule has 2 aliphatic rings. The van der Waals surface area contributed by atoms with Crippen molar-refractivity contribution in [1.82, 2.24) is 15.2 Å². The van der Waals surface area contributed by atoms with Crippen molar-refractivity contribution in [2.24, 2.45) is 5.92 Å². The van der Waals surface area contributed by atoms with Crippen LogP contribution < -0.4 is 5.32 Å². The average molecular weight is 289 g/mol. The molecule has 0 bridgehead atoms. The summed E-state index contributed by atoms with van der Waals surface area (Å²) in [5.41, 5.74) is 0.549. The zero-order valence-corrected chi connectivity index (χ0v) is 12.3. The summed E-state index contributed by atoms with van der Waals surface area (Å²) in [6.07, 6.45) is 8.55. The van der Waals surface area contributed by atoms with Crippen LogP contribution in [0, 0.1) is 5.92 Å². The number of carbonyl (C=O) groups excluding carboxylic acids is 2. The Morgan fingerprint density at radius 3 is 2.86 bits per heavy atom. The molecule has 21 heavy (non-hydrogen) atoms. The monoisotopic (exact) mass is 289 g/mol. The molecule has 0 radical (unpaired) electrons. The molecule has 2 amide bonds. The van der Waals surface area contributed by atoms with Crippen LogP contribution in [-0.4, -0.2) is 40.8 Å². The van der Waals surface area contributed by atoms with Crippen LogP contribution in [0.15, 0.2) is 18.3 Å². The zero-order chi connectivity index (χ0) is 14.7. The van der Waals surface area contributed by atoms with Gasteiger partial charge in [0.15, 0.2) is 0 Å². The normalized spacial score (nSPS) is 23.5. The first-order chi connectivity index (χ1) is 10.2. The second kappa shape index (κ2) is 6.33. The van der Waals surface area contributed by atoms with Gasteiger partial charge in [-0.3, -0.25) is 9.59 Å². The number of carbonyl (C=O) groups is 2. The summed E-state index contributed by atoms with van der Waals surface area (Å²) in [5.74, 6) is 0.704. The van der Waals surface area contributed by atoms with Gasteiger partial charge in [0.2, 0.25) is 5.91 Å². The first-order valence-corrected chi connectivity index (χ1v) is 7.94. The SMILES string of the molecule is O=C(NC1CC(=O)N(CC2CCCCC2)C1)c1ccc[nH]1. The highest BCUT2D eigenvalue weighted by Gasteiger charge is 2.32. The van der Waals surface area contributed by atoms with E-state index in [1.54, 1.807) is 18.3 Å². The Kier molecular flexibility index (Phi) is 4.27. The summed E-state index contributed by atoms with van der Waals surface area (Å²) in [4.78, 5) is 28.9. The van der Waals surface area contributed by atoms with Crippen LogP contribution in [0.2, 0.25) is 0 Å². The summed E-state index contributed by atoms with van der Waals surface area (Å²) >= 11 is 0. The third-order valence-corrected chi connectivity index (χ3v) is 4.60. The standard InChI is InChI=1S/C16H23N3O2/c20-15-9-13(18-16(21)14-7-4-8-17-14)11-19(15)10-12-5-2-1-3-6-12/h4,7-8,12-13,17H,1-3,5-6,9-11H2,(H,18,21). The fraction of sp³-hybridized carbons (Fsp3) is 0.625. The van der Waals surface area contributed by atoms with Crippen molar-refractivity contribution in [1.29, 1.82) is 0 Å². The minimum Gasteiger partial charge on any atom is -0.357 e. The number of likely N-dealkylation sites (tertiary alicyclic amines) is 1. The highest BCUT2D eigenvalue weighted by molar-refractivity contribution is 5.93. The fourth-order valence-corrected chi connectivity index (χ4v) is 3.46. The Bertz CT molecular complexity index is 492. The van der Waals surface area contributed by atoms with Crippen LogP contribution >= 0.6 is 0 Å². The highest BCUT2D eigenvalue weighted by atomic mass is 16.2. The summed E-state index contributed by atoms with van der Waals surface area (Å²) in [5, 5.41) is 2.95. The lowest BCUT2D eigenvalue weighted by Gasteiger charge is -2.27. The molecule has 3 rings (SSSR count). The predicted molar refractivity (Wildman–Crippen MR) is 79.8 cm³/mol. The van der Waals surface area contributed by atoms with Crippen LogP contribution in [0.3, 0.4) is 0 Å². The molecule has 1 unspecified atom stereocenters. The maximum absolute atomic E-state index is 12.1. The minimum atomic E-state index is -0.127. The molecular formula is C16H23N3O2. The molecular weight excluding hydrogens is 266 g/mol. The van der Waals surface area contributed by atoms with Crippen molar-refractivity contribution in [2.45, 2.75) is 44.6 Å². The first-order valence-electron chi connectivity index (χ1n) is 7.94. The minimum absolute atomic E-state index is 0.0584. The van der Waals surface area contributed by atoms with Crippen LogP contribution in [0.4, 0.5) is 0 Å². The van der Waals surface area contributed by atoms with Crippen molar-refractivity contribution in [2.75, 3.05) is 13.1 Å². The summed E-state index contributed by atoms with van der Waals surface area (Å²) in [6.45, 7) is 1.52. The van der Waals surface area contributed by atoms with Crippen molar-refractivity contribution in [3.63, 3.8) is 0 Å². The van der Waals surface area contributed by atoms with Gasteiger partial charge in [0.1, 0.15) is 5.69 Å². The van der Waals surface area contributed by atoms with Gasteiger partial charge in [-0.1, -0.05) is 19.3 Å². The van der Waals surface area contributed by atoms with Crippen molar-refractivity contribution in [3.8, 4) is 0 Å². The van der Waals surface area contributed by atoms with Gasteiger partial charge in [0.05, 0.1) is 6.04 Å². The Hall–Kier alpha value is -1.78. The van der Waals surface area contributed by atoms with Gasteiger partial charge in [0.25, 0.3) is 5.91 Å². The Morgan fingerprint density at radius 2 is 2.14 bits per heavy atom. The molecule has 5 nitrogen and oxygen atoms in total. The van der Waals surface area contributed by atoms with E-state index in [0.717, 1.165) is 6.54 Å². The lowest BCUT2D eigenvalue weighted by Crippen LogP contribution is -2.38. The van der Waals surface area contributed by atoms with Crippen LogP contribution in [0.5, 0.6) is 0 Å². The number of amides is 2. The Morgan fingerprint density at radius 1 is 1.33 bits per heavy atom. The third-order valence-electron chi connectivity index (χ3n) is 4.60. The van der Waals surface area contributed by atoms with Crippen molar-refractivity contribution < 1.29 is 9.59 Å². The number of nitrogens with zero attached hydrogens (tertiary/aromatic N) is 1. The van der Waals surface area contributed by atoms with Gasteiger partial charge in [0, 0.05) is 25.7 Å². The van der Waals surface area contributed by atoms with E-state index in [9.17, 15) is 9.59 Å². The molecule has 1 aliphatic carbocycles. The van der Waals surface area contributed by atoms with E-state index < -0.39 is 0 Å². The van der Waals surface area contributed by atoms with Gasteiger partial charge < -0.3 is 15.2 Å². The van der Waals surface area contributed by atoms with E-state index in [-0.39, 0.29) is 17.9 Å². The molecule has 2 N–H and O–H groups in total. The topological polar surface area (TPSA) is 65.2 Å². The summed E-state index contributed by atoms with van der Waals surface area (Å²) < 4.78 is 0. The maximum atomic E-state index is 12.1. The predicted octanol–water partition coefficient (Wildman–Crippen LogP) is 1.93. The quantitative estimate of drug-likeness (QED) is 0.889. The zero-order valence-electron chi connectivity index (χ0n) is 12.3. The van der Waals surface area contributed by atoms with Gasteiger partial charge in [-0.2, -0.15) is 0 Å². The van der Waals surface area contributed by atoms with E-state index in [0.29, 0.717) is 24.6 Å². The van der Waals surface area contributed by atoms with Gasteiger partial charge in [-0.15, -0.1) is 0 Å². The number of aromatic nitrogens is 1. The molecule has 114 valence electrons. The number of nitrogens with one attached hydrogen (secondary N) is 2. The number of aromatic amines is 1. The van der Waals surface area contributed by atoms with Crippen LogP contribution in [0.1, 0.15) is 49.0 Å². The smallest absolute Gasteiger partial charge is 0.267 e. The highest BCUT2D eigenvalue weighted by Crippen LogP contribution is 2.26. The number of H-pyrrole nitrogens is 1. The van der Waals surface area contributed by atoms with E-state index in [1.807, 2.05) is 4.90 Å². The van der Waals surface area contributed by atoms with E-state index >= 15 is 0 Å². The van der Waals surface area contributed by atoms with Gasteiger partial charge in [-0.25, -0.2) is 0 Å². The van der Waals surface area contributed by atoms with E-state index in [1.165, 1.54) is 32.1 Å². The molecule has 1 aliphatic heterocycles. The Labute approximate surface area is 125 Å². The average Bonchev–Trinajstić information content (AvgIpc) is 3.11. The van der Waals surface area contributed by atoms with Gasteiger partial charge >= 0.3 is 0 Å². The largest absolute Gasteiger partial charge is 0.357 e. The molecule has 2 heterocycles. The summed E-state index contributed by atoms with van der Waals surface area (Å²) in [7, 11) is 0. The molecule has 1 aromatic rings. The molecule has 1 atom stereocenters. The Balaban J connectivity index is 1.51. The van der Waals surface area contributed by atoms with E-state index in [4.69, 9.17) is 0 Å². The van der Waals surface area contributed by atoms with Crippen LogP contribution in [0.25, 0.3) is 0 Å². The van der Waals surface area contributed by atoms with Crippen molar-refractivity contribution in [3.05, 3.63) is 24.0 Å². The summed E-state index contributed by atoms with van der Waals surface area (Å²) in [6, 6.07) is 3.48. The molecule has 1 saturated carbocycles. The van der Waals surface area contributed by atoms with Gasteiger partial charge in [-0.05, 0) is 30.9 Å². The maximum Gasteiger partial charge on any atom is 0.267 e. The second-order valence-corrected chi connectivity index (χ2v) is 6.26. The molecule has 1 aromatic heterocycles. The molecule has 2 fully saturated rings. The van der Waals surface area contributed by atoms with Crippen LogP contribution in [-0.2, 0) is 4.79 Å².